The number of hydrogen-bond donors (Lipinski definition) is 2. The Labute approximate surface area is 88.7 Å². The second-order valence-electron chi connectivity index (χ2n) is 3.52. The quantitative estimate of drug-likeness (QED) is 0.783. The Hall–Kier alpha value is -1.55. The summed E-state index contributed by atoms with van der Waals surface area (Å²) in [6, 6.07) is 4.14. The van der Waals surface area contributed by atoms with Gasteiger partial charge in [0.1, 0.15) is 5.76 Å². The molecule has 4 heteroatoms. The van der Waals surface area contributed by atoms with Crippen LogP contribution < -0.4 is 5.32 Å². The van der Waals surface area contributed by atoms with Gasteiger partial charge in [0.2, 0.25) is 0 Å². The summed E-state index contributed by atoms with van der Waals surface area (Å²) in [4.78, 5) is 7.04. The van der Waals surface area contributed by atoms with Crippen LogP contribution in [0.3, 0.4) is 0 Å². The van der Waals surface area contributed by atoms with Crippen LogP contribution in [-0.4, -0.2) is 16.5 Å². The summed E-state index contributed by atoms with van der Waals surface area (Å²) < 4.78 is 5.30. The molecule has 15 heavy (non-hydrogen) atoms. The highest BCUT2D eigenvalue weighted by Gasteiger charge is 2.06. The molecular weight excluding hydrogens is 190 g/mol. The summed E-state index contributed by atoms with van der Waals surface area (Å²) in [7, 11) is 0. The van der Waals surface area contributed by atoms with E-state index in [1.165, 1.54) is 0 Å². The van der Waals surface area contributed by atoms with Crippen LogP contribution in [0.25, 0.3) is 0 Å². The first kappa shape index (κ1) is 9.98. The van der Waals surface area contributed by atoms with Crippen LogP contribution in [0.5, 0.6) is 0 Å². The first-order valence-electron chi connectivity index (χ1n) is 5.10. The minimum absolute atomic E-state index is 0.253. The summed E-state index contributed by atoms with van der Waals surface area (Å²) in [6.07, 6.45) is 6.19. The molecule has 2 rings (SSSR count). The number of imidazole rings is 1. The molecule has 0 aliphatic rings. The van der Waals surface area contributed by atoms with Crippen LogP contribution in [0.1, 0.15) is 24.4 Å². The lowest BCUT2D eigenvalue weighted by atomic mass is 10.2. The lowest BCUT2D eigenvalue weighted by molar-refractivity contribution is 0.432. The number of aromatic amines is 1. The van der Waals surface area contributed by atoms with Crippen molar-refractivity contribution in [3.63, 3.8) is 0 Å². The maximum Gasteiger partial charge on any atom is 0.120 e. The third-order valence-corrected chi connectivity index (χ3v) is 2.37. The molecule has 0 spiro atoms. The van der Waals surface area contributed by atoms with Crippen LogP contribution >= 0.6 is 0 Å². The van der Waals surface area contributed by atoms with Gasteiger partial charge in [0.05, 0.1) is 18.6 Å². The highest BCUT2D eigenvalue weighted by molar-refractivity contribution is 5.03. The van der Waals surface area contributed by atoms with E-state index in [-0.39, 0.29) is 6.04 Å². The molecule has 0 radical (unpaired) electrons. The fraction of sp³-hybridized carbons (Fsp3) is 0.364. The highest BCUT2D eigenvalue weighted by atomic mass is 16.3. The van der Waals surface area contributed by atoms with Gasteiger partial charge in [-0.1, -0.05) is 0 Å². The van der Waals surface area contributed by atoms with E-state index in [1.807, 2.05) is 18.3 Å². The SMILES string of the molecule is CC(NCCc1cnc[nH]1)c1ccco1. The molecular formula is C11H15N3O. The van der Waals surface area contributed by atoms with E-state index < -0.39 is 0 Å². The van der Waals surface area contributed by atoms with Crippen molar-refractivity contribution in [1.82, 2.24) is 15.3 Å². The molecule has 80 valence electrons. The fourth-order valence-corrected chi connectivity index (χ4v) is 1.48. The van der Waals surface area contributed by atoms with Crippen molar-refractivity contribution in [1.29, 1.82) is 0 Å². The molecule has 0 aromatic carbocycles. The van der Waals surface area contributed by atoms with E-state index in [4.69, 9.17) is 4.42 Å². The summed E-state index contributed by atoms with van der Waals surface area (Å²) in [5, 5.41) is 3.38. The Bertz CT molecular complexity index is 366. The topological polar surface area (TPSA) is 53.9 Å². The average Bonchev–Trinajstić information content (AvgIpc) is 2.90. The Balaban J connectivity index is 1.74. The van der Waals surface area contributed by atoms with Gasteiger partial charge in [0.15, 0.2) is 0 Å². The first-order chi connectivity index (χ1) is 7.36. The van der Waals surface area contributed by atoms with E-state index in [2.05, 4.69) is 22.2 Å². The third kappa shape index (κ3) is 2.70. The van der Waals surface area contributed by atoms with Gasteiger partial charge < -0.3 is 14.7 Å². The van der Waals surface area contributed by atoms with Crippen molar-refractivity contribution in [3.05, 3.63) is 42.4 Å². The van der Waals surface area contributed by atoms with Crippen molar-refractivity contribution < 1.29 is 4.42 Å². The number of nitrogens with zero attached hydrogens (tertiary/aromatic N) is 1. The lowest BCUT2D eigenvalue weighted by Crippen LogP contribution is -2.21. The van der Waals surface area contributed by atoms with Gasteiger partial charge in [-0.2, -0.15) is 0 Å². The standard InChI is InChI=1S/C11H15N3O/c1-9(11-3-2-6-15-11)13-5-4-10-7-12-8-14-10/h2-3,6-9,13H,4-5H2,1H3,(H,12,14). The van der Waals surface area contributed by atoms with Crippen molar-refractivity contribution in [3.8, 4) is 0 Å². The van der Waals surface area contributed by atoms with Crippen LogP contribution in [-0.2, 0) is 6.42 Å². The predicted molar refractivity (Wildman–Crippen MR) is 57.4 cm³/mol. The number of furan rings is 1. The second kappa shape index (κ2) is 4.79. The van der Waals surface area contributed by atoms with Gasteiger partial charge in [0.25, 0.3) is 0 Å². The fourth-order valence-electron chi connectivity index (χ4n) is 1.48. The number of H-pyrrole nitrogens is 1. The van der Waals surface area contributed by atoms with E-state index in [1.54, 1.807) is 12.6 Å². The molecule has 2 N–H and O–H groups in total. The Morgan fingerprint density at radius 1 is 1.60 bits per heavy atom. The number of aromatic nitrogens is 2. The molecule has 4 nitrogen and oxygen atoms in total. The first-order valence-corrected chi connectivity index (χ1v) is 5.10. The molecule has 0 bridgehead atoms. The van der Waals surface area contributed by atoms with Crippen LogP contribution in [0, 0.1) is 0 Å². The monoisotopic (exact) mass is 205 g/mol. The minimum Gasteiger partial charge on any atom is -0.468 e. The summed E-state index contributed by atoms with van der Waals surface area (Å²) in [6.45, 7) is 3.00. The third-order valence-electron chi connectivity index (χ3n) is 2.37. The average molecular weight is 205 g/mol. The molecule has 1 unspecified atom stereocenters. The van der Waals surface area contributed by atoms with E-state index in [9.17, 15) is 0 Å². The smallest absolute Gasteiger partial charge is 0.120 e. The van der Waals surface area contributed by atoms with Gasteiger partial charge in [-0.25, -0.2) is 4.98 Å². The molecule has 2 aromatic rings. The van der Waals surface area contributed by atoms with Crippen molar-refractivity contribution in [2.45, 2.75) is 19.4 Å². The Morgan fingerprint density at radius 3 is 3.20 bits per heavy atom. The number of nitrogens with one attached hydrogen (secondary N) is 2. The lowest BCUT2D eigenvalue weighted by Gasteiger charge is -2.10. The van der Waals surface area contributed by atoms with Gasteiger partial charge in [-0.05, 0) is 19.1 Å². The molecule has 0 aliphatic heterocycles. The molecule has 0 amide bonds. The molecule has 2 aromatic heterocycles. The number of hydrogen-bond acceptors (Lipinski definition) is 3. The Morgan fingerprint density at radius 2 is 2.53 bits per heavy atom. The van der Waals surface area contributed by atoms with Gasteiger partial charge in [-0.15, -0.1) is 0 Å². The summed E-state index contributed by atoms with van der Waals surface area (Å²) in [5.41, 5.74) is 1.15. The zero-order valence-electron chi connectivity index (χ0n) is 8.73. The maximum absolute atomic E-state index is 5.30. The maximum atomic E-state index is 5.30. The van der Waals surface area contributed by atoms with Gasteiger partial charge in [0, 0.05) is 24.9 Å². The van der Waals surface area contributed by atoms with E-state index in [0.29, 0.717) is 0 Å². The van der Waals surface area contributed by atoms with Crippen molar-refractivity contribution in [2.24, 2.45) is 0 Å². The molecule has 2 heterocycles. The largest absolute Gasteiger partial charge is 0.468 e. The van der Waals surface area contributed by atoms with Crippen molar-refractivity contribution in [2.75, 3.05) is 6.54 Å². The summed E-state index contributed by atoms with van der Waals surface area (Å²) in [5.74, 6) is 0.972. The Kier molecular flexibility index (Phi) is 3.19. The molecule has 0 saturated heterocycles. The van der Waals surface area contributed by atoms with Crippen LogP contribution in [0.4, 0.5) is 0 Å². The summed E-state index contributed by atoms with van der Waals surface area (Å²) >= 11 is 0. The van der Waals surface area contributed by atoms with Gasteiger partial charge >= 0.3 is 0 Å². The zero-order chi connectivity index (χ0) is 10.5. The van der Waals surface area contributed by atoms with Crippen LogP contribution in [0.15, 0.2) is 35.3 Å². The molecule has 1 atom stereocenters. The van der Waals surface area contributed by atoms with E-state index in [0.717, 1.165) is 24.4 Å². The van der Waals surface area contributed by atoms with Gasteiger partial charge in [-0.3, -0.25) is 0 Å². The molecule has 0 saturated carbocycles. The normalized spacial score (nSPS) is 12.9. The zero-order valence-corrected chi connectivity index (χ0v) is 8.73. The highest BCUT2D eigenvalue weighted by Crippen LogP contribution is 2.11. The number of rotatable bonds is 5. The molecule has 0 aliphatic carbocycles. The van der Waals surface area contributed by atoms with Crippen molar-refractivity contribution >= 4 is 0 Å². The second-order valence-corrected chi connectivity index (χ2v) is 3.52. The minimum atomic E-state index is 0.253. The van der Waals surface area contributed by atoms with Crippen LogP contribution in [0.2, 0.25) is 0 Å². The predicted octanol–water partition coefficient (Wildman–Crippen LogP) is 1.90. The molecule has 0 fully saturated rings. The van der Waals surface area contributed by atoms with E-state index >= 15 is 0 Å².